The summed E-state index contributed by atoms with van der Waals surface area (Å²) in [5, 5.41) is 8.65. The third-order valence-electron chi connectivity index (χ3n) is 2.13. The molecule has 0 unspecified atom stereocenters. The molecule has 3 N–H and O–H groups in total. The Kier molecular flexibility index (Phi) is 4.05. The third kappa shape index (κ3) is 2.91. The monoisotopic (exact) mass is 213 g/mol. The van der Waals surface area contributed by atoms with E-state index in [0.29, 0.717) is 16.9 Å². The van der Waals surface area contributed by atoms with Crippen molar-refractivity contribution in [2.75, 3.05) is 13.2 Å². The van der Waals surface area contributed by atoms with Crippen LogP contribution >= 0.6 is 0 Å². The molecular formula is C11H16FNO2. The van der Waals surface area contributed by atoms with Gasteiger partial charge in [-0.3, -0.25) is 0 Å². The van der Waals surface area contributed by atoms with E-state index in [1.807, 2.05) is 0 Å². The first-order chi connectivity index (χ1) is 7.06. The maximum absolute atomic E-state index is 13.3. The van der Waals surface area contributed by atoms with Crippen LogP contribution in [0.4, 0.5) is 4.39 Å². The van der Waals surface area contributed by atoms with Gasteiger partial charge in [-0.05, 0) is 31.5 Å². The molecule has 3 nitrogen and oxygen atoms in total. The number of ether oxygens (including phenoxy) is 1. The van der Waals surface area contributed by atoms with Gasteiger partial charge in [0.2, 0.25) is 0 Å². The van der Waals surface area contributed by atoms with Crippen molar-refractivity contribution >= 4 is 0 Å². The Morgan fingerprint density at radius 1 is 1.53 bits per heavy atom. The van der Waals surface area contributed by atoms with Gasteiger partial charge >= 0.3 is 0 Å². The summed E-state index contributed by atoms with van der Waals surface area (Å²) >= 11 is 0. The van der Waals surface area contributed by atoms with E-state index in [2.05, 4.69) is 0 Å². The first-order valence-corrected chi connectivity index (χ1v) is 4.85. The summed E-state index contributed by atoms with van der Waals surface area (Å²) in [5.74, 6) is 0.247. The molecule has 0 aliphatic rings. The molecule has 1 atom stereocenters. The Morgan fingerprint density at radius 3 is 2.73 bits per heavy atom. The molecule has 4 heteroatoms. The highest BCUT2D eigenvalue weighted by molar-refractivity contribution is 5.39. The minimum Gasteiger partial charge on any atom is -0.491 e. The van der Waals surface area contributed by atoms with Gasteiger partial charge in [0.05, 0.1) is 6.61 Å². The maximum atomic E-state index is 13.3. The summed E-state index contributed by atoms with van der Waals surface area (Å²) in [7, 11) is 0. The lowest BCUT2D eigenvalue weighted by Crippen LogP contribution is -2.11. The van der Waals surface area contributed by atoms with Crippen molar-refractivity contribution in [2.45, 2.75) is 19.9 Å². The van der Waals surface area contributed by atoms with Gasteiger partial charge in [-0.15, -0.1) is 0 Å². The number of aliphatic hydroxyl groups excluding tert-OH is 1. The van der Waals surface area contributed by atoms with Crippen molar-refractivity contribution in [2.24, 2.45) is 5.73 Å². The molecule has 1 aromatic rings. The Balaban J connectivity index is 3.04. The Bertz CT molecular complexity index is 340. The van der Waals surface area contributed by atoms with Crippen LogP contribution in [0.3, 0.4) is 0 Å². The lowest BCUT2D eigenvalue weighted by molar-refractivity contribution is 0.199. The second kappa shape index (κ2) is 5.09. The lowest BCUT2D eigenvalue weighted by atomic mass is 10.1. The standard InChI is InChI=1S/C11H16FNO2/c1-7-5-11(15-4-3-14)9(8(2)13)6-10(7)12/h5-6,8,14H,3-4,13H2,1-2H3/t8-/m1/s1. The predicted molar refractivity (Wildman–Crippen MR) is 56.3 cm³/mol. The predicted octanol–water partition coefficient (Wildman–Crippen LogP) is 1.52. The molecule has 0 aliphatic carbocycles. The molecule has 0 saturated heterocycles. The van der Waals surface area contributed by atoms with Gasteiger partial charge < -0.3 is 15.6 Å². The minimum absolute atomic E-state index is 0.0746. The largest absolute Gasteiger partial charge is 0.491 e. The maximum Gasteiger partial charge on any atom is 0.126 e. The molecule has 0 heterocycles. The number of aryl methyl sites for hydroxylation is 1. The molecule has 84 valence electrons. The molecule has 0 saturated carbocycles. The van der Waals surface area contributed by atoms with E-state index in [1.165, 1.54) is 6.07 Å². The number of hydrogen-bond donors (Lipinski definition) is 2. The van der Waals surface area contributed by atoms with Crippen molar-refractivity contribution < 1.29 is 14.2 Å². The number of benzene rings is 1. The summed E-state index contributed by atoms with van der Waals surface area (Å²) in [6, 6.07) is 2.69. The fourth-order valence-corrected chi connectivity index (χ4v) is 1.31. The SMILES string of the molecule is Cc1cc(OCCO)c([C@@H](C)N)cc1F. The fraction of sp³-hybridized carbons (Fsp3) is 0.455. The number of aliphatic hydroxyl groups is 1. The average Bonchev–Trinajstić information content (AvgIpc) is 2.19. The molecule has 1 rings (SSSR count). The van der Waals surface area contributed by atoms with E-state index in [1.54, 1.807) is 19.9 Å². The molecule has 15 heavy (non-hydrogen) atoms. The molecule has 0 aliphatic heterocycles. The Labute approximate surface area is 88.7 Å². The Morgan fingerprint density at radius 2 is 2.20 bits per heavy atom. The summed E-state index contributed by atoms with van der Waals surface area (Å²) in [4.78, 5) is 0. The van der Waals surface area contributed by atoms with Crippen LogP contribution in [0, 0.1) is 12.7 Å². The highest BCUT2D eigenvalue weighted by atomic mass is 19.1. The van der Waals surface area contributed by atoms with Crippen molar-refractivity contribution in [1.82, 2.24) is 0 Å². The van der Waals surface area contributed by atoms with E-state index in [-0.39, 0.29) is 25.1 Å². The zero-order chi connectivity index (χ0) is 11.4. The molecule has 0 aromatic heterocycles. The van der Waals surface area contributed by atoms with Crippen LogP contribution in [0.15, 0.2) is 12.1 Å². The highest BCUT2D eigenvalue weighted by Gasteiger charge is 2.11. The molecule has 0 amide bonds. The summed E-state index contributed by atoms with van der Waals surface area (Å²) < 4.78 is 18.6. The van der Waals surface area contributed by atoms with Gasteiger partial charge in [-0.2, -0.15) is 0 Å². The van der Waals surface area contributed by atoms with Gasteiger partial charge in [0.15, 0.2) is 0 Å². The van der Waals surface area contributed by atoms with Crippen molar-refractivity contribution in [1.29, 1.82) is 0 Å². The van der Waals surface area contributed by atoms with Crippen LogP contribution in [-0.2, 0) is 0 Å². The molecule has 0 spiro atoms. The molecule has 0 bridgehead atoms. The molecule has 0 fully saturated rings. The van der Waals surface area contributed by atoms with Crippen LogP contribution in [-0.4, -0.2) is 18.3 Å². The summed E-state index contributed by atoms with van der Waals surface area (Å²) in [6.45, 7) is 3.53. The Hall–Kier alpha value is -1.13. The van der Waals surface area contributed by atoms with Gasteiger partial charge in [0, 0.05) is 11.6 Å². The van der Waals surface area contributed by atoms with Gasteiger partial charge in [-0.25, -0.2) is 4.39 Å². The number of nitrogens with two attached hydrogens (primary N) is 1. The van der Waals surface area contributed by atoms with Gasteiger partial charge in [0.25, 0.3) is 0 Å². The van der Waals surface area contributed by atoms with Crippen LogP contribution in [0.1, 0.15) is 24.1 Å². The van der Waals surface area contributed by atoms with E-state index in [9.17, 15) is 4.39 Å². The topological polar surface area (TPSA) is 55.5 Å². The van der Waals surface area contributed by atoms with Gasteiger partial charge in [-0.1, -0.05) is 0 Å². The molecular weight excluding hydrogens is 197 g/mol. The lowest BCUT2D eigenvalue weighted by Gasteiger charge is -2.14. The molecule has 0 radical (unpaired) electrons. The van der Waals surface area contributed by atoms with Crippen LogP contribution in [0.2, 0.25) is 0 Å². The second-order valence-electron chi connectivity index (χ2n) is 3.50. The van der Waals surface area contributed by atoms with Crippen LogP contribution in [0.5, 0.6) is 5.75 Å². The minimum atomic E-state index is -0.297. The fourth-order valence-electron chi connectivity index (χ4n) is 1.31. The van der Waals surface area contributed by atoms with Crippen LogP contribution < -0.4 is 10.5 Å². The quantitative estimate of drug-likeness (QED) is 0.797. The number of rotatable bonds is 4. The number of halogens is 1. The molecule has 1 aromatic carbocycles. The first kappa shape index (κ1) is 11.9. The normalized spacial score (nSPS) is 12.6. The second-order valence-corrected chi connectivity index (χ2v) is 3.50. The van der Waals surface area contributed by atoms with Crippen molar-refractivity contribution in [3.63, 3.8) is 0 Å². The van der Waals surface area contributed by atoms with Crippen LogP contribution in [0.25, 0.3) is 0 Å². The first-order valence-electron chi connectivity index (χ1n) is 4.85. The zero-order valence-corrected chi connectivity index (χ0v) is 8.96. The van der Waals surface area contributed by atoms with E-state index in [4.69, 9.17) is 15.6 Å². The highest BCUT2D eigenvalue weighted by Crippen LogP contribution is 2.27. The van der Waals surface area contributed by atoms with E-state index >= 15 is 0 Å². The number of hydrogen-bond acceptors (Lipinski definition) is 3. The van der Waals surface area contributed by atoms with Crippen molar-refractivity contribution in [3.8, 4) is 5.75 Å². The summed E-state index contributed by atoms with van der Waals surface area (Å²) in [6.07, 6.45) is 0. The third-order valence-corrected chi connectivity index (χ3v) is 2.13. The van der Waals surface area contributed by atoms with Crippen molar-refractivity contribution in [3.05, 3.63) is 29.1 Å². The zero-order valence-electron chi connectivity index (χ0n) is 8.96. The summed E-state index contributed by atoms with van der Waals surface area (Å²) in [5.41, 5.74) is 6.82. The van der Waals surface area contributed by atoms with Gasteiger partial charge in [0.1, 0.15) is 18.2 Å². The smallest absolute Gasteiger partial charge is 0.126 e. The van der Waals surface area contributed by atoms with E-state index in [0.717, 1.165) is 0 Å². The average molecular weight is 213 g/mol. The van der Waals surface area contributed by atoms with E-state index < -0.39 is 0 Å².